The van der Waals surface area contributed by atoms with Crippen molar-refractivity contribution in [3.63, 3.8) is 0 Å². The molecule has 0 saturated carbocycles. The van der Waals surface area contributed by atoms with Gasteiger partial charge in [-0.25, -0.2) is 14.4 Å². The summed E-state index contributed by atoms with van der Waals surface area (Å²) in [5.74, 6) is -2.59. The predicted octanol–water partition coefficient (Wildman–Crippen LogP) is 2.68. The Labute approximate surface area is 173 Å². The fourth-order valence-corrected chi connectivity index (χ4v) is 3.26. The van der Waals surface area contributed by atoms with Crippen molar-refractivity contribution in [1.29, 1.82) is 0 Å². The highest BCUT2D eigenvalue weighted by Gasteiger charge is 2.43. The Morgan fingerprint density at radius 3 is 2.40 bits per heavy atom. The summed E-state index contributed by atoms with van der Waals surface area (Å²) < 4.78 is 14.9. The molecule has 0 aromatic heterocycles. The van der Waals surface area contributed by atoms with Gasteiger partial charge in [-0.05, 0) is 43.7 Å². The van der Waals surface area contributed by atoms with E-state index in [0.717, 1.165) is 5.56 Å². The molecule has 0 bridgehead atoms. The molecule has 0 radical (unpaired) electrons. The van der Waals surface area contributed by atoms with E-state index in [-0.39, 0.29) is 23.2 Å². The molecule has 0 aliphatic carbocycles. The van der Waals surface area contributed by atoms with Crippen molar-refractivity contribution in [1.82, 2.24) is 0 Å². The van der Waals surface area contributed by atoms with E-state index < -0.39 is 29.4 Å². The molecular weight excluding hydrogens is 390 g/mol. The number of fused-ring (bicyclic) bond motifs is 1. The normalized spacial score (nSPS) is 17.4. The molecule has 30 heavy (non-hydrogen) atoms. The molecule has 1 heterocycles. The van der Waals surface area contributed by atoms with Gasteiger partial charge in [0.25, 0.3) is 5.91 Å². The number of ether oxygens (including phenoxy) is 3. The van der Waals surface area contributed by atoms with Gasteiger partial charge in [0.1, 0.15) is 0 Å². The first-order chi connectivity index (χ1) is 14.2. The molecule has 1 aliphatic rings. The molecule has 0 fully saturated rings. The minimum absolute atomic E-state index is 0.0419. The lowest BCUT2D eigenvalue weighted by Gasteiger charge is -2.33. The van der Waals surface area contributed by atoms with E-state index in [0.29, 0.717) is 11.1 Å². The smallest absolute Gasteiger partial charge is 0.339 e. The van der Waals surface area contributed by atoms with E-state index in [2.05, 4.69) is 10.1 Å². The van der Waals surface area contributed by atoms with Crippen molar-refractivity contribution >= 4 is 29.5 Å². The number of hydrogen-bond acceptors (Lipinski definition) is 7. The second-order valence-corrected chi connectivity index (χ2v) is 7.16. The summed E-state index contributed by atoms with van der Waals surface area (Å²) in [6.07, 6.45) is 0.157. The lowest BCUT2D eigenvalue weighted by atomic mass is 9.88. The maximum atomic E-state index is 13.1. The Bertz CT molecular complexity index is 1060. The van der Waals surface area contributed by atoms with Crippen LogP contribution in [0.2, 0.25) is 0 Å². The molecular formula is C22H21NO7. The van der Waals surface area contributed by atoms with Crippen molar-refractivity contribution in [2.24, 2.45) is 0 Å². The van der Waals surface area contributed by atoms with Gasteiger partial charge < -0.3 is 19.5 Å². The molecule has 2 aromatic carbocycles. The largest absolute Gasteiger partial charge is 0.465 e. The van der Waals surface area contributed by atoms with Crippen molar-refractivity contribution in [3.05, 3.63) is 64.2 Å². The number of nitrogens with one attached hydrogen (secondary N) is 1. The molecule has 2 aromatic rings. The van der Waals surface area contributed by atoms with E-state index in [1.165, 1.54) is 39.3 Å². The van der Waals surface area contributed by atoms with Gasteiger partial charge >= 0.3 is 17.9 Å². The molecule has 1 N–H and O–H groups in total. The number of carbonyl (C=O) groups excluding carboxylic acids is 4. The minimum Gasteiger partial charge on any atom is -0.465 e. The van der Waals surface area contributed by atoms with Gasteiger partial charge in [0.05, 0.1) is 36.6 Å². The summed E-state index contributed by atoms with van der Waals surface area (Å²) in [6, 6.07) is 9.39. The van der Waals surface area contributed by atoms with Gasteiger partial charge in [-0.1, -0.05) is 17.7 Å². The number of hydrogen-bond donors (Lipinski definition) is 1. The third kappa shape index (κ3) is 3.89. The summed E-state index contributed by atoms with van der Waals surface area (Å²) in [6.45, 7) is 3.35. The summed E-state index contributed by atoms with van der Waals surface area (Å²) in [7, 11) is 2.42. The SMILES string of the molecule is COC(=O)c1ccc(C(=O)OC)c(NC(=O)[C@]2(C)Cc3ccc(C)cc3C(=O)O2)c1. The molecule has 3 rings (SSSR count). The molecule has 0 spiro atoms. The van der Waals surface area contributed by atoms with Crippen molar-refractivity contribution in [3.8, 4) is 0 Å². The number of methoxy groups -OCH3 is 2. The van der Waals surface area contributed by atoms with Crippen molar-refractivity contribution < 1.29 is 33.4 Å². The van der Waals surface area contributed by atoms with Crippen LogP contribution < -0.4 is 5.32 Å². The quantitative estimate of drug-likeness (QED) is 0.609. The van der Waals surface area contributed by atoms with Crippen LogP contribution >= 0.6 is 0 Å². The second-order valence-electron chi connectivity index (χ2n) is 7.16. The van der Waals surface area contributed by atoms with Crippen LogP contribution in [0.3, 0.4) is 0 Å². The van der Waals surface area contributed by atoms with E-state index in [9.17, 15) is 19.2 Å². The third-order valence-electron chi connectivity index (χ3n) is 4.91. The topological polar surface area (TPSA) is 108 Å². The van der Waals surface area contributed by atoms with E-state index in [1.54, 1.807) is 12.1 Å². The van der Waals surface area contributed by atoms with Crippen molar-refractivity contribution in [2.75, 3.05) is 19.5 Å². The lowest BCUT2D eigenvalue weighted by Crippen LogP contribution is -2.49. The number of carbonyl (C=O) groups is 4. The van der Waals surface area contributed by atoms with Gasteiger partial charge in [-0.15, -0.1) is 0 Å². The van der Waals surface area contributed by atoms with Crippen LogP contribution in [0.25, 0.3) is 0 Å². The first kappa shape index (κ1) is 21.0. The third-order valence-corrected chi connectivity index (χ3v) is 4.91. The van der Waals surface area contributed by atoms with Crippen LogP contribution in [0.5, 0.6) is 0 Å². The van der Waals surface area contributed by atoms with Crippen LogP contribution in [-0.2, 0) is 25.4 Å². The number of anilines is 1. The number of aryl methyl sites for hydroxylation is 1. The van der Waals surface area contributed by atoms with E-state index in [1.807, 2.05) is 13.0 Å². The maximum absolute atomic E-state index is 13.1. The standard InChI is InChI=1S/C22H21NO7/c1-12-5-6-14-11-22(2,30-20(26)16(14)9-12)21(27)23-17-10-13(18(24)28-3)7-8-15(17)19(25)29-4/h5-10H,11H2,1-4H3,(H,23,27)/t22-/m0/s1. The molecule has 8 nitrogen and oxygen atoms in total. The average molecular weight is 411 g/mol. The minimum atomic E-state index is -1.51. The number of cyclic esters (lactones) is 1. The molecule has 1 amide bonds. The molecule has 1 atom stereocenters. The molecule has 156 valence electrons. The molecule has 0 saturated heterocycles. The Morgan fingerprint density at radius 1 is 1.03 bits per heavy atom. The molecule has 1 aliphatic heterocycles. The van der Waals surface area contributed by atoms with Crippen LogP contribution in [0, 0.1) is 6.92 Å². The second kappa shape index (κ2) is 7.98. The Balaban J connectivity index is 1.94. The van der Waals surface area contributed by atoms with Crippen LogP contribution in [0.15, 0.2) is 36.4 Å². The van der Waals surface area contributed by atoms with Crippen LogP contribution in [0.4, 0.5) is 5.69 Å². The first-order valence-electron chi connectivity index (χ1n) is 9.13. The zero-order chi connectivity index (χ0) is 22.1. The van der Waals surface area contributed by atoms with Crippen LogP contribution in [-0.4, -0.2) is 43.6 Å². The fraction of sp³-hybridized carbons (Fsp3) is 0.273. The van der Waals surface area contributed by atoms with E-state index >= 15 is 0 Å². The van der Waals surface area contributed by atoms with Gasteiger partial charge in [0, 0.05) is 6.42 Å². The number of benzene rings is 2. The van der Waals surface area contributed by atoms with E-state index in [4.69, 9.17) is 9.47 Å². The highest BCUT2D eigenvalue weighted by atomic mass is 16.6. The zero-order valence-corrected chi connectivity index (χ0v) is 17.0. The average Bonchev–Trinajstić information content (AvgIpc) is 2.73. The summed E-state index contributed by atoms with van der Waals surface area (Å²) in [5, 5.41) is 2.59. The Morgan fingerprint density at radius 2 is 1.73 bits per heavy atom. The lowest BCUT2D eigenvalue weighted by molar-refractivity contribution is -0.134. The summed E-state index contributed by atoms with van der Waals surface area (Å²) in [5.41, 5.74) is 0.720. The van der Waals surface area contributed by atoms with Gasteiger partial charge in [0.15, 0.2) is 5.60 Å². The summed E-state index contributed by atoms with van der Waals surface area (Å²) >= 11 is 0. The van der Waals surface area contributed by atoms with Crippen molar-refractivity contribution in [2.45, 2.75) is 25.9 Å². The Hall–Kier alpha value is -3.68. The molecule has 8 heteroatoms. The van der Waals surface area contributed by atoms with Gasteiger partial charge in [-0.2, -0.15) is 0 Å². The number of rotatable bonds is 4. The predicted molar refractivity (Wildman–Crippen MR) is 106 cm³/mol. The highest BCUT2D eigenvalue weighted by Crippen LogP contribution is 2.31. The maximum Gasteiger partial charge on any atom is 0.339 e. The molecule has 0 unspecified atom stereocenters. The van der Waals surface area contributed by atoms with Gasteiger partial charge in [0.2, 0.25) is 0 Å². The summed E-state index contributed by atoms with van der Waals surface area (Å²) in [4.78, 5) is 49.5. The fourth-order valence-electron chi connectivity index (χ4n) is 3.26. The van der Waals surface area contributed by atoms with Gasteiger partial charge in [-0.3, -0.25) is 4.79 Å². The number of esters is 3. The Kier molecular flexibility index (Phi) is 5.60. The zero-order valence-electron chi connectivity index (χ0n) is 17.0. The first-order valence-corrected chi connectivity index (χ1v) is 9.13. The monoisotopic (exact) mass is 411 g/mol. The number of amides is 1. The van der Waals surface area contributed by atoms with Crippen LogP contribution in [0.1, 0.15) is 49.1 Å². The highest BCUT2D eigenvalue weighted by molar-refractivity contribution is 6.07.